The number of carbonyl (C=O) groups excluding carboxylic acids is 1. The van der Waals surface area contributed by atoms with Gasteiger partial charge in [0.05, 0.1) is 12.1 Å². The molecule has 0 spiro atoms. The van der Waals surface area contributed by atoms with E-state index >= 15 is 0 Å². The molecule has 3 unspecified atom stereocenters. The number of aliphatic carboxylic acids is 1. The van der Waals surface area contributed by atoms with Crippen molar-refractivity contribution in [2.24, 2.45) is 5.92 Å². The third-order valence-corrected chi connectivity index (χ3v) is 5.89. The Hall–Kier alpha value is -2.40. The molecule has 1 aliphatic heterocycles. The van der Waals surface area contributed by atoms with Crippen LogP contribution in [0, 0.1) is 5.92 Å². The van der Waals surface area contributed by atoms with Crippen LogP contribution >= 0.6 is 0 Å². The van der Waals surface area contributed by atoms with E-state index in [1.54, 1.807) is 0 Å². The molecule has 150 valence electrons. The minimum absolute atomic E-state index is 0.0271. The van der Waals surface area contributed by atoms with Gasteiger partial charge in [0.15, 0.2) is 0 Å². The molecule has 5 nitrogen and oxygen atoms in total. The summed E-state index contributed by atoms with van der Waals surface area (Å²) in [5, 5.41) is 14.4. The maximum atomic E-state index is 12.9. The number of carboxylic acid groups (broad SMARTS) is 1. The smallest absolute Gasteiger partial charge is 0.303 e. The predicted molar refractivity (Wildman–Crippen MR) is 111 cm³/mol. The van der Waals surface area contributed by atoms with Crippen molar-refractivity contribution in [3.05, 3.63) is 48.0 Å². The second-order valence-electron chi connectivity index (χ2n) is 7.91. The van der Waals surface area contributed by atoms with Gasteiger partial charge in [0, 0.05) is 13.0 Å². The monoisotopic (exact) mass is 382 g/mol. The minimum atomic E-state index is -0.744. The zero-order valence-corrected chi connectivity index (χ0v) is 16.7. The number of carboxylic acids is 1. The van der Waals surface area contributed by atoms with Crippen molar-refractivity contribution < 1.29 is 14.7 Å². The first kappa shape index (κ1) is 20.3. The van der Waals surface area contributed by atoms with Gasteiger partial charge in [0.25, 0.3) is 0 Å². The van der Waals surface area contributed by atoms with Gasteiger partial charge in [-0.1, -0.05) is 42.5 Å². The van der Waals surface area contributed by atoms with E-state index in [9.17, 15) is 9.59 Å². The molecule has 1 saturated heterocycles. The Labute approximate surface area is 166 Å². The molecule has 1 amide bonds. The maximum absolute atomic E-state index is 12.9. The van der Waals surface area contributed by atoms with Crippen molar-refractivity contribution >= 4 is 22.6 Å². The lowest BCUT2D eigenvalue weighted by atomic mass is 9.92. The highest BCUT2D eigenvalue weighted by Crippen LogP contribution is 2.25. The SMILES string of the molecule is CC(NC(=O)C(C)N1CCCC(CCC(=O)O)C1)c1cccc2ccccc12. The number of fused-ring (bicyclic) bond motifs is 1. The molecule has 3 rings (SSSR count). The van der Waals surface area contributed by atoms with Gasteiger partial charge in [-0.2, -0.15) is 0 Å². The van der Waals surface area contributed by atoms with E-state index in [0.29, 0.717) is 12.3 Å². The van der Waals surface area contributed by atoms with Crippen molar-refractivity contribution in [3.8, 4) is 0 Å². The summed E-state index contributed by atoms with van der Waals surface area (Å²) in [6.07, 6.45) is 2.95. The molecule has 0 aliphatic carbocycles. The lowest BCUT2D eigenvalue weighted by Crippen LogP contribution is -2.49. The van der Waals surface area contributed by atoms with E-state index in [1.165, 1.54) is 5.39 Å². The van der Waals surface area contributed by atoms with Gasteiger partial charge in [0.2, 0.25) is 5.91 Å². The van der Waals surface area contributed by atoms with E-state index in [-0.39, 0.29) is 24.4 Å². The van der Waals surface area contributed by atoms with Crippen LogP contribution in [-0.4, -0.2) is 41.0 Å². The average molecular weight is 383 g/mol. The zero-order chi connectivity index (χ0) is 20.1. The number of nitrogens with one attached hydrogen (secondary N) is 1. The summed E-state index contributed by atoms with van der Waals surface area (Å²) in [6.45, 7) is 5.66. The number of amides is 1. The number of nitrogens with zero attached hydrogens (tertiary/aromatic N) is 1. The van der Waals surface area contributed by atoms with Crippen molar-refractivity contribution in [2.45, 2.75) is 51.6 Å². The Morgan fingerprint density at radius 1 is 1.18 bits per heavy atom. The number of piperidine rings is 1. The highest BCUT2D eigenvalue weighted by Gasteiger charge is 2.28. The van der Waals surface area contributed by atoms with Gasteiger partial charge < -0.3 is 10.4 Å². The average Bonchev–Trinajstić information content (AvgIpc) is 2.71. The molecule has 1 heterocycles. The number of carbonyl (C=O) groups is 2. The standard InChI is InChI=1S/C23H30N2O3/c1-16(20-11-5-9-19-8-3-4-10-21(19)20)24-23(28)17(2)25-14-6-7-18(15-25)12-13-22(26)27/h3-5,8-11,16-18H,6-7,12-15H2,1-2H3,(H,24,28)(H,26,27). The molecule has 1 aliphatic rings. The van der Waals surface area contributed by atoms with Gasteiger partial charge in [-0.25, -0.2) is 0 Å². The molecule has 5 heteroatoms. The van der Waals surface area contributed by atoms with Crippen LogP contribution in [0.1, 0.15) is 51.1 Å². The molecule has 0 bridgehead atoms. The first-order valence-electron chi connectivity index (χ1n) is 10.2. The maximum Gasteiger partial charge on any atom is 0.303 e. The molecule has 28 heavy (non-hydrogen) atoms. The second-order valence-corrected chi connectivity index (χ2v) is 7.91. The van der Waals surface area contributed by atoms with Crippen LogP contribution in [0.5, 0.6) is 0 Å². The van der Waals surface area contributed by atoms with Gasteiger partial charge in [-0.3, -0.25) is 14.5 Å². The van der Waals surface area contributed by atoms with Gasteiger partial charge >= 0.3 is 5.97 Å². The summed E-state index contributed by atoms with van der Waals surface area (Å²) in [5.74, 6) is -0.360. The van der Waals surface area contributed by atoms with Gasteiger partial charge in [-0.15, -0.1) is 0 Å². The molecule has 2 aromatic carbocycles. The Balaban J connectivity index is 1.62. The molecule has 0 saturated carbocycles. The van der Waals surface area contributed by atoms with E-state index in [4.69, 9.17) is 5.11 Å². The number of rotatable bonds is 7. The predicted octanol–water partition coefficient (Wildman–Crippen LogP) is 3.98. The topological polar surface area (TPSA) is 69.6 Å². The van der Waals surface area contributed by atoms with Crippen LogP contribution in [0.4, 0.5) is 0 Å². The highest BCUT2D eigenvalue weighted by atomic mass is 16.4. The van der Waals surface area contributed by atoms with Crippen molar-refractivity contribution in [1.82, 2.24) is 10.2 Å². The number of hydrogen-bond acceptors (Lipinski definition) is 3. The van der Waals surface area contributed by atoms with E-state index in [1.807, 2.05) is 32.0 Å². The van der Waals surface area contributed by atoms with Crippen LogP contribution < -0.4 is 5.32 Å². The fourth-order valence-electron chi connectivity index (χ4n) is 4.22. The van der Waals surface area contributed by atoms with E-state index < -0.39 is 5.97 Å². The normalized spacial score (nSPS) is 19.9. The quantitative estimate of drug-likeness (QED) is 0.760. The van der Waals surface area contributed by atoms with Crippen LogP contribution in [0.2, 0.25) is 0 Å². The minimum Gasteiger partial charge on any atom is -0.481 e. The van der Waals surface area contributed by atoms with Crippen LogP contribution in [0.15, 0.2) is 42.5 Å². The van der Waals surface area contributed by atoms with Crippen molar-refractivity contribution in [2.75, 3.05) is 13.1 Å². The summed E-state index contributed by atoms with van der Waals surface area (Å²) >= 11 is 0. The zero-order valence-electron chi connectivity index (χ0n) is 16.7. The Morgan fingerprint density at radius 3 is 2.71 bits per heavy atom. The summed E-state index contributed by atoms with van der Waals surface area (Å²) in [6, 6.07) is 14.1. The fourth-order valence-corrected chi connectivity index (χ4v) is 4.22. The molecule has 3 atom stereocenters. The van der Waals surface area contributed by atoms with E-state index in [0.717, 1.165) is 36.9 Å². The number of hydrogen-bond donors (Lipinski definition) is 2. The molecule has 0 aromatic heterocycles. The number of benzene rings is 2. The van der Waals surface area contributed by atoms with Crippen LogP contribution in [-0.2, 0) is 9.59 Å². The molecule has 0 radical (unpaired) electrons. The van der Waals surface area contributed by atoms with Crippen LogP contribution in [0.25, 0.3) is 10.8 Å². The molecular formula is C23H30N2O3. The molecule has 2 aromatic rings. The highest BCUT2D eigenvalue weighted by molar-refractivity contribution is 5.87. The Morgan fingerprint density at radius 2 is 1.93 bits per heavy atom. The molecular weight excluding hydrogens is 352 g/mol. The lowest BCUT2D eigenvalue weighted by Gasteiger charge is -2.36. The summed E-state index contributed by atoms with van der Waals surface area (Å²) in [4.78, 5) is 25.9. The third-order valence-electron chi connectivity index (χ3n) is 5.89. The van der Waals surface area contributed by atoms with Crippen molar-refractivity contribution in [1.29, 1.82) is 0 Å². The molecule has 2 N–H and O–H groups in total. The summed E-state index contributed by atoms with van der Waals surface area (Å²) in [5.41, 5.74) is 1.12. The first-order chi connectivity index (χ1) is 13.5. The Bertz CT molecular complexity index is 830. The molecule has 1 fully saturated rings. The second kappa shape index (κ2) is 9.20. The summed E-state index contributed by atoms with van der Waals surface area (Å²) < 4.78 is 0. The van der Waals surface area contributed by atoms with Gasteiger partial charge in [-0.05, 0) is 61.9 Å². The summed E-state index contributed by atoms with van der Waals surface area (Å²) in [7, 11) is 0. The number of likely N-dealkylation sites (tertiary alicyclic amines) is 1. The van der Waals surface area contributed by atoms with E-state index in [2.05, 4.69) is 34.5 Å². The van der Waals surface area contributed by atoms with Crippen molar-refractivity contribution in [3.63, 3.8) is 0 Å². The lowest BCUT2D eigenvalue weighted by molar-refractivity contribution is -0.137. The largest absolute Gasteiger partial charge is 0.481 e. The third kappa shape index (κ3) is 4.90. The first-order valence-corrected chi connectivity index (χ1v) is 10.2. The van der Waals surface area contributed by atoms with Gasteiger partial charge in [0.1, 0.15) is 0 Å². The Kier molecular flexibility index (Phi) is 6.68. The fraction of sp³-hybridized carbons (Fsp3) is 0.478. The van der Waals surface area contributed by atoms with Crippen LogP contribution in [0.3, 0.4) is 0 Å².